The number of amides is 1. The molecule has 200 valence electrons. The number of nitrogens with one attached hydrogen (secondary N) is 3. The van der Waals surface area contributed by atoms with Crippen molar-refractivity contribution in [2.24, 2.45) is 0 Å². The maximum Gasteiger partial charge on any atom is 0.225 e. The second-order valence-corrected chi connectivity index (χ2v) is 9.79. The van der Waals surface area contributed by atoms with Crippen LogP contribution in [0.3, 0.4) is 0 Å². The topological polar surface area (TPSA) is 91.8 Å². The smallest absolute Gasteiger partial charge is 0.225 e. The first-order valence-electron chi connectivity index (χ1n) is 11.6. The highest BCUT2D eigenvalue weighted by Crippen LogP contribution is 2.28. The summed E-state index contributed by atoms with van der Waals surface area (Å²) in [5, 5.41) is 18.3. The Labute approximate surface area is 233 Å². The minimum Gasteiger partial charge on any atom is -1.00 e. The van der Waals surface area contributed by atoms with Gasteiger partial charge in [-0.15, -0.1) is 12.4 Å². The number of carbonyl (C=O) groups excluding carboxylic acids is 1. The van der Waals surface area contributed by atoms with Crippen LogP contribution < -0.4 is 28.4 Å². The molecule has 0 bridgehead atoms. The number of hydrogen-bond acceptors (Lipinski definition) is 6. The molecular weight excluding hydrogens is 540 g/mol. The second kappa shape index (κ2) is 13.3. The first kappa shape index (κ1) is 30.7. The van der Waals surface area contributed by atoms with Gasteiger partial charge in [0.2, 0.25) is 5.91 Å². The summed E-state index contributed by atoms with van der Waals surface area (Å²) >= 11 is 6.03. The molecule has 3 heterocycles. The Morgan fingerprint density at radius 1 is 1.22 bits per heavy atom. The van der Waals surface area contributed by atoms with Gasteiger partial charge in [-0.2, -0.15) is 10.2 Å². The van der Waals surface area contributed by atoms with E-state index in [0.29, 0.717) is 46.1 Å². The van der Waals surface area contributed by atoms with Crippen LogP contribution in [0.4, 0.5) is 21.6 Å². The Morgan fingerprint density at radius 2 is 2.00 bits per heavy atom. The fourth-order valence-corrected chi connectivity index (χ4v) is 4.33. The van der Waals surface area contributed by atoms with Crippen LogP contribution in [0.5, 0.6) is 0 Å². The van der Waals surface area contributed by atoms with Crippen LogP contribution in [0.25, 0.3) is 11.3 Å². The van der Waals surface area contributed by atoms with E-state index >= 15 is 0 Å². The van der Waals surface area contributed by atoms with Gasteiger partial charge in [-0.05, 0) is 37.3 Å². The molecule has 3 aromatic rings. The van der Waals surface area contributed by atoms with Crippen LogP contribution in [-0.4, -0.2) is 65.3 Å². The Hall–Kier alpha value is -2.56. The zero-order valence-corrected chi connectivity index (χ0v) is 23.2. The normalized spacial score (nSPS) is 16.2. The molecule has 1 aliphatic heterocycles. The van der Waals surface area contributed by atoms with Crippen molar-refractivity contribution in [2.75, 3.05) is 44.4 Å². The predicted molar refractivity (Wildman–Crippen MR) is 143 cm³/mol. The predicted octanol–water partition coefficient (Wildman–Crippen LogP) is 1.58. The van der Waals surface area contributed by atoms with Crippen molar-refractivity contribution in [1.82, 2.24) is 20.5 Å². The molecule has 3 N–H and O–H groups in total. The monoisotopic (exact) mass is 569 g/mol. The number of likely N-dealkylation sites (N-methyl/N-ethyl adjacent to an activating group) is 1. The quantitative estimate of drug-likeness (QED) is 0.374. The summed E-state index contributed by atoms with van der Waals surface area (Å²) in [4.78, 5) is 16.9. The van der Waals surface area contributed by atoms with Crippen molar-refractivity contribution in [3.8, 4) is 11.3 Å². The molecule has 12 heteroatoms. The molecule has 1 aliphatic rings. The third-order valence-corrected chi connectivity index (χ3v) is 6.66. The van der Waals surface area contributed by atoms with Crippen LogP contribution >= 0.6 is 24.0 Å². The largest absolute Gasteiger partial charge is 1.00 e. The van der Waals surface area contributed by atoms with Gasteiger partial charge in [0.15, 0.2) is 0 Å². The number of pyridine rings is 1. The fraction of sp³-hybridized carbons (Fsp3) is 0.360. The van der Waals surface area contributed by atoms with E-state index in [1.54, 1.807) is 31.3 Å². The number of nitrogens with zero attached hydrogens (tertiary/aromatic N) is 4. The molecule has 1 amide bonds. The van der Waals surface area contributed by atoms with Crippen LogP contribution in [0.2, 0.25) is 5.02 Å². The highest BCUT2D eigenvalue weighted by atomic mass is 35.5. The zero-order chi connectivity index (χ0) is 25.0. The molecule has 0 spiro atoms. The average Bonchev–Trinajstić information content (AvgIpc) is 2.81. The SMILES string of the molecule is Cc1nnc(-c2cc(Cl)ccc2F)cc1Nc1ccnc(NC(=O)CCC2CNCC[N+]2(C)C)c1.Cl.[Cl-]. The molecule has 0 aliphatic carbocycles. The van der Waals surface area contributed by atoms with Gasteiger partial charge in [0.05, 0.1) is 37.7 Å². The standard InChI is InChI=1S/C25H29ClFN7O.2ClH/c1-16-22(14-23(33-32-16)20-12-17(26)4-6-21(20)27)30-18-8-9-29-24(13-18)31-25(35)7-5-19-15-28-10-11-34(19,2)3;;/h4,6,8-9,12-14,19,28H,5,7,10-11,15H2,1-3H3,(H-,29,30,31,33,35);2*1H. The molecule has 1 aromatic carbocycles. The summed E-state index contributed by atoms with van der Waals surface area (Å²) in [6, 6.07) is 9.95. The van der Waals surface area contributed by atoms with E-state index in [1.807, 2.05) is 0 Å². The molecule has 4 rings (SSSR count). The zero-order valence-electron chi connectivity index (χ0n) is 20.9. The molecule has 2 aromatic heterocycles. The van der Waals surface area contributed by atoms with Gasteiger partial charge in [0, 0.05) is 54.5 Å². The van der Waals surface area contributed by atoms with Crippen molar-refractivity contribution in [3.05, 3.63) is 59.1 Å². The highest BCUT2D eigenvalue weighted by Gasteiger charge is 2.31. The Balaban J connectivity index is 0.00000241. The van der Waals surface area contributed by atoms with Gasteiger partial charge in [0.1, 0.15) is 17.7 Å². The van der Waals surface area contributed by atoms with E-state index in [-0.39, 0.29) is 36.3 Å². The van der Waals surface area contributed by atoms with Crippen LogP contribution in [0.1, 0.15) is 18.5 Å². The van der Waals surface area contributed by atoms with E-state index in [2.05, 4.69) is 45.2 Å². The maximum atomic E-state index is 14.3. The van der Waals surface area contributed by atoms with Gasteiger partial charge in [0.25, 0.3) is 0 Å². The number of carbonyl (C=O) groups is 1. The summed E-state index contributed by atoms with van der Waals surface area (Å²) in [5.74, 6) is -0.0457. The van der Waals surface area contributed by atoms with Crippen molar-refractivity contribution >= 4 is 47.1 Å². The Kier molecular flexibility index (Phi) is 11.0. The van der Waals surface area contributed by atoms with Crippen LogP contribution in [0.15, 0.2) is 42.6 Å². The fourth-order valence-electron chi connectivity index (χ4n) is 4.16. The summed E-state index contributed by atoms with van der Waals surface area (Å²) in [6.45, 7) is 4.77. The lowest BCUT2D eigenvalue weighted by molar-refractivity contribution is -0.917. The van der Waals surface area contributed by atoms with Gasteiger partial charge in [-0.3, -0.25) is 4.79 Å². The number of anilines is 3. The molecule has 0 saturated carbocycles. The Bertz CT molecular complexity index is 1230. The molecular formula is C25H31Cl3FN7O. The summed E-state index contributed by atoms with van der Waals surface area (Å²) in [7, 11) is 4.42. The summed E-state index contributed by atoms with van der Waals surface area (Å²) in [5.41, 5.74) is 2.63. The number of aromatic nitrogens is 3. The number of quaternary nitrogens is 1. The van der Waals surface area contributed by atoms with E-state index < -0.39 is 5.82 Å². The number of hydrogen-bond donors (Lipinski definition) is 3. The molecule has 1 fully saturated rings. The lowest BCUT2D eigenvalue weighted by Crippen LogP contribution is -3.00. The first-order valence-corrected chi connectivity index (χ1v) is 11.9. The lowest BCUT2D eigenvalue weighted by atomic mass is 10.1. The first-order chi connectivity index (χ1) is 16.7. The summed E-state index contributed by atoms with van der Waals surface area (Å²) < 4.78 is 15.2. The Morgan fingerprint density at radius 3 is 2.76 bits per heavy atom. The van der Waals surface area contributed by atoms with E-state index in [4.69, 9.17) is 11.6 Å². The van der Waals surface area contributed by atoms with Crippen LogP contribution in [-0.2, 0) is 4.79 Å². The van der Waals surface area contributed by atoms with Crippen molar-refractivity contribution in [2.45, 2.75) is 25.8 Å². The second-order valence-electron chi connectivity index (χ2n) is 9.35. The van der Waals surface area contributed by atoms with Crippen molar-refractivity contribution in [3.63, 3.8) is 0 Å². The van der Waals surface area contributed by atoms with Crippen LogP contribution in [0, 0.1) is 12.7 Å². The van der Waals surface area contributed by atoms with E-state index in [0.717, 1.165) is 30.5 Å². The minimum atomic E-state index is -0.432. The molecule has 1 saturated heterocycles. The van der Waals surface area contributed by atoms with Gasteiger partial charge >= 0.3 is 0 Å². The van der Waals surface area contributed by atoms with Crippen molar-refractivity contribution in [1.29, 1.82) is 0 Å². The number of rotatable bonds is 7. The number of benzene rings is 1. The molecule has 1 atom stereocenters. The van der Waals surface area contributed by atoms with E-state index in [1.165, 1.54) is 18.2 Å². The van der Waals surface area contributed by atoms with Gasteiger partial charge in [-0.1, -0.05) is 11.6 Å². The average molecular weight is 571 g/mol. The molecule has 8 nitrogen and oxygen atoms in total. The van der Waals surface area contributed by atoms with Gasteiger partial charge < -0.3 is 32.8 Å². The lowest BCUT2D eigenvalue weighted by Gasteiger charge is -2.42. The third kappa shape index (κ3) is 7.96. The van der Waals surface area contributed by atoms with Crippen molar-refractivity contribution < 1.29 is 26.1 Å². The summed E-state index contributed by atoms with van der Waals surface area (Å²) in [6.07, 6.45) is 2.84. The molecule has 37 heavy (non-hydrogen) atoms. The minimum absolute atomic E-state index is 0. The molecule has 0 radical (unpaired) electrons. The number of piperazine rings is 1. The molecule has 1 unspecified atom stereocenters. The van der Waals surface area contributed by atoms with E-state index in [9.17, 15) is 9.18 Å². The highest BCUT2D eigenvalue weighted by molar-refractivity contribution is 6.30. The maximum absolute atomic E-state index is 14.3. The number of aryl methyl sites for hydroxylation is 1. The van der Waals surface area contributed by atoms with Gasteiger partial charge in [-0.25, -0.2) is 9.37 Å². The number of halogens is 4. The third-order valence-electron chi connectivity index (χ3n) is 6.43.